The minimum Gasteiger partial charge on any atom is -0.497 e. The quantitative estimate of drug-likeness (QED) is 0.670. The van der Waals surface area contributed by atoms with E-state index in [2.05, 4.69) is 34.4 Å². The van der Waals surface area contributed by atoms with Gasteiger partial charge in [0.25, 0.3) is 5.91 Å². The molecule has 3 aromatic rings. The number of nitrogens with one attached hydrogen (secondary N) is 2. The number of methoxy groups -OCH3 is 1. The summed E-state index contributed by atoms with van der Waals surface area (Å²) in [5.74, 6) is 1.42. The molecule has 0 saturated heterocycles. The number of amides is 1. The number of ether oxygens (including phenoxy) is 1. The second-order valence-electron chi connectivity index (χ2n) is 6.38. The highest BCUT2D eigenvalue weighted by atomic mass is 16.5. The Morgan fingerprint density at radius 3 is 2.48 bits per heavy atom. The predicted octanol–water partition coefficient (Wildman–Crippen LogP) is 4.60. The van der Waals surface area contributed by atoms with E-state index < -0.39 is 0 Å². The summed E-state index contributed by atoms with van der Waals surface area (Å²) < 4.78 is 5.21. The molecule has 27 heavy (non-hydrogen) atoms. The van der Waals surface area contributed by atoms with Gasteiger partial charge in [-0.1, -0.05) is 32.0 Å². The van der Waals surface area contributed by atoms with Gasteiger partial charge in [-0.3, -0.25) is 4.79 Å². The minimum absolute atomic E-state index is 0.281. The molecule has 0 aliphatic carbocycles. The van der Waals surface area contributed by atoms with Gasteiger partial charge in [0, 0.05) is 23.5 Å². The molecule has 2 N–H and O–H groups in total. The number of aromatic nitrogens is 2. The van der Waals surface area contributed by atoms with Crippen molar-refractivity contribution in [3.63, 3.8) is 0 Å². The first kappa shape index (κ1) is 18.4. The van der Waals surface area contributed by atoms with Crippen molar-refractivity contribution >= 4 is 23.1 Å². The topological polar surface area (TPSA) is 76.1 Å². The summed E-state index contributed by atoms with van der Waals surface area (Å²) >= 11 is 0. The van der Waals surface area contributed by atoms with Gasteiger partial charge in [-0.15, -0.1) is 0 Å². The fourth-order valence-corrected chi connectivity index (χ4v) is 2.55. The van der Waals surface area contributed by atoms with E-state index in [1.54, 1.807) is 13.2 Å². The molecule has 6 nitrogen and oxygen atoms in total. The van der Waals surface area contributed by atoms with E-state index >= 15 is 0 Å². The van der Waals surface area contributed by atoms with Crippen LogP contribution >= 0.6 is 0 Å². The van der Waals surface area contributed by atoms with E-state index in [9.17, 15) is 4.79 Å². The lowest BCUT2D eigenvalue weighted by Gasteiger charge is -2.10. The van der Waals surface area contributed by atoms with Crippen LogP contribution in [0.4, 0.5) is 17.2 Å². The molecule has 0 aliphatic heterocycles. The van der Waals surface area contributed by atoms with E-state index in [-0.39, 0.29) is 11.6 Å². The van der Waals surface area contributed by atoms with E-state index in [0.717, 1.165) is 17.1 Å². The highest BCUT2D eigenvalue weighted by molar-refractivity contribution is 6.03. The highest BCUT2D eigenvalue weighted by Crippen LogP contribution is 2.21. The number of hydrogen-bond acceptors (Lipinski definition) is 5. The molecule has 0 spiro atoms. The molecule has 138 valence electrons. The fraction of sp³-hybridized carbons (Fsp3) is 0.190. The Bertz CT molecular complexity index is 923. The third kappa shape index (κ3) is 4.82. The normalized spacial score (nSPS) is 10.5. The van der Waals surface area contributed by atoms with Crippen LogP contribution in [0.5, 0.6) is 5.75 Å². The summed E-state index contributed by atoms with van der Waals surface area (Å²) in [4.78, 5) is 20.7. The average Bonchev–Trinajstić information content (AvgIpc) is 2.68. The van der Waals surface area contributed by atoms with Crippen LogP contribution in [0.1, 0.15) is 35.8 Å². The van der Waals surface area contributed by atoms with Gasteiger partial charge in [0.05, 0.1) is 7.11 Å². The molecular formula is C21H22N4O2. The number of nitrogens with zero attached hydrogens (tertiary/aromatic N) is 2. The maximum absolute atomic E-state index is 12.5. The van der Waals surface area contributed by atoms with E-state index in [4.69, 9.17) is 4.74 Å². The number of rotatable bonds is 6. The molecular weight excluding hydrogens is 340 g/mol. The lowest BCUT2D eigenvalue weighted by molar-refractivity contribution is 0.102. The molecule has 0 aliphatic rings. The molecule has 1 amide bonds. The molecule has 1 heterocycles. The van der Waals surface area contributed by atoms with Crippen LogP contribution in [0.25, 0.3) is 0 Å². The van der Waals surface area contributed by atoms with Crippen LogP contribution in [0.3, 0.4) is 0 Å². The lowest BCUT2D eigenvalue weighted by Crippen LogP contribution is -2.14. The Labute approximate surface area is 158 Å². The third-order valence-corrected chi connectivity index (χ3v) is 4.08. The van der Waals surface area contributed by atoms with Crippen LogP contribution in [0, 0.1) is 0 Å². The predicted molar refractivity (Wildman–Crippen MR) is 107 cm³/mol. The SMILES string of the molecule is COc1cccc(Nc2cc(C(=O)Nc3ccc(C(C)C)cc3)ncn2)c1. The highest BCUT2D eigenvalue weighted by Gasteiger charge is 2.10. The van der Waals surface area contributed by atoms with Crippen molar-refractivity contribution in [1.82, 2.24) is 9.97 Å². The number of carbonyl (C=O) groups is 1. The fourth-order valence-electron chi connectivity index (χ4n) is 2.55. The Morgan fingerprint density at radius 1 is 1.00 bits per heavy atom. The summed E-state index contributed by atoms with van der Waals surface area (Å²) in [7, 11) is 1.61. The van der Waals surface area contributed by atoms with Crippen LogP contribution in [0.15, 0.2) is 60.9 Å². The van der Waals surface area contributed by atoms with Crippen molar-refractivity contribution in [2.75, 3.05) is 17.7 Å². The Balaban J connectivity index is 1.71. The average molecular weight is 362 g/mol. The Morgan fingerprint density at radius 2 is 1.78 bits per heavy atom. The maximum atomic E-state index is 12.5. The number of carbonyl (C=O) groups excluding carboxylic acids is 1. The maximum Gasteiger partial charge on any atom is 0.274 e. The third-order valence-electron chi connectivity index (χ3n) is 4.08. The van der Waals surface area contributed by atoms with E-state index in [0.29, 0.717) is 11.7 Å². The summed E-state index contributed by atoms with van der Waals surface area (Å²) in [5, 5.41) is 6.00. The van der Waals surface area contributed by atoms with Crippen LogP contribution < -0.4 is 15.4 Å². The van der Waals surface area contributed by atoms with Crippen molar-refractivity contribution in [2.45, 2.75) is 19.8 Å². The second-order valence-corrected chi connectivity index (χ2v) is 6.38. The van der Waals surface area contributed by atoms with E-state index in [1.807, 2.05) is 48.5 Å². The van der Waals surface area contributed by atoms with Crippen molar-refractivity contribution in [3.05, 3.63) is 72.2 Å². The molecule has 0 atom stereocenters. The molecule has 0 saturated carbocycles. The van der Waals surface area contributed by atoms with Gasteiger partial charge in [0.1, 0.15) is 23.6 Å². The zero-order chi connectivity index (χ0) is 19.2. The molecule has 0 fully saturated rings. The summed E-state index contributed by atoms with van der Waals surface area (Å²) in [6.07, 6.45) is 1.36. The van der Waals surface area contributed by atoms with Crippen molar-refractivity contribution in [1.29, 1.82) is 0 Å². The monoisotopic (exact) mass is 362 g/mol. The van der Waals surface area contributed by atoms with Gasteiger partial charge in [0.2, 0.25) is 0 Å². The number of benzene rings is 2. The molecule has 2 aromatic carbocycles. The van der Waals surface area contributed by atoms with Gasteiger partial charge in [-0.05, 0) is 35.7 Å². The first-order valence-electron chi connectivity index (χ1n) is 8.69. The molecule has 1 aromatic heterocycles. The van der Waals surface area contributed by atoms with Crippen molar-refractivity contribution < 1.29 is 9.53 Å². The van der Waals surface area contributed by atoms with Crippen LogP contribution in [-0.4, -0.2) is 23.0 Å². The van der Waals surface area contributed by atoms with Gasteiger partial charge in [0.15, 0.2) is 0 Å². The largest absolute Gasteiger partial charge is 0.497 e. The van der Waals surface area contributed by atoms with E-state index in [1.165, 1.54) is 11.9 Å². The van der Waals surface area contributed by atoms with Crippen molar-refractivity contribution in [3.8, 4) is 5.75 Å². The molecule has 6 heteroatoms. The lowest BCUT2D eigenvalue weighted by atomic mass is 10.0. The van der Waals surface area contributed by atoms with Gasteiger partial charge < -0.3 is 15.4 Å². The molecule has 3 rings (SSSR count). The minimum atomic E-state index is -0.289. The smallest absolute Gasteiger partial charge is 0.274 e. The number of anilines is 3. The standard InChI is InChI=1S/C21H22N4O2/c1-14(2)15-7-9-16(10-8-15)25-21(26)19-12-20(23-13-22-19)24-17-5-4-6-18(11-17)27-3/h4-14H,1-3H3,(H,25,26)(H,22,23,24). The second kappa shape index (κ2) is 8.31. The Kier molecular flexibility index (Phi) is 5.66. The molecule has 0 unspecified atom stereocenters. The summed E-state index contributed by atoms with van der Waals surface area (Å²) in [5.41, 5.74) is 3.04. The molecule has 0 radical (unpaired) electrons. The first-order valence-corrected chi connectivity index (χ1v) is 8.69. The van der Waals surface area contributed by atoms with Crippen LogP contribution in [-0.2, 0) is 0 Å². The van der Waals surface area contributed by atoms with Gasteiger partial charge >= 0.3 is 0 Å². The molecule has 0 bridgehead atoms. The summed E-state index contributed by atoms with van der Waals surface area (Å²) in [6.45, 7) is 4.26. The number of hydrogen-bond donors (Lipinski definition) is 2. The zero-order valence-electron chi connectivity index (χ0n) is 15.6. The van der Waals surface area contributed by atoms with Crippen LogP contribution in [0.2, 0.25) is 0 Å². The van der Waals surface area contributed by atoms with Crippen molar-refractivity contribution in [2.24, 2.45) is 0 Å². The first-order chi connectivity index (χ1) is 13.0. The Hall–Kier alpha value is -3.41. The van der Waals surface area contributed by atoms with Gasteiger partial charge in [-0.2, -0.15) is 0 Å². The summed E-state index contributed by atoms with van der Waals surface area (Å²) in [6, 6.07) is 16.9. The zero-order valence-corrected chi connectivity index (χ0v) is 15.6. The van der Waals surface area contributed by atoms with Gasteiger partial charge in [-0.25, -0.2) is 9.97 Å².